The second kappa shape index (κ2) is 6.91. The number of rotatable bonds is 3. The van der Waals surface area contributed by atoms with Crippen LogP contribution in [0.1, 0.15) is 33.8 Å². The third-order valence-corrected chi connectivity index (χ3v) is 4.55. The van der Waals surface area contributed by atoms with Crippen LogP contribution >= 0.6 is 0 Å². The summed E-state index contributed by atoms with van der Waals surface area (Å²) in [4.78, 5) is 35.1. The summed E-state index contributed by atoms with van der Waals surface area (Å²) >= 11 is 0. The Kier molecular flexibility index (Phi) is 4.30. The number of likely N-dealkylation sites (tertiary alicyclic amines) is 1. The van der Waals surface area contributed by atoms with Gasteiger partial charge >= 0.3 is 0 Å². The van der Waals surface area contributed by atoms with Crippen LogP contribution < -0.4 is 5.32 Å². The molecule has 8 heteroatoms. The first-order valence-corrected chi connectivity index (χ1v) is 8.52. The molecular formula is C18H18N6O2. The fourth-order valence-electron chi connectivity index (χ4n) is 3.11. The standard InChI is InChI=1S/C18H18N6O2/c25-17(14-5-9-20-23-14)21-13-6-10-24(11-7-13)18(26)15-4-3-12-2-1-8-19-16(12)22-15/h1-5,8-9,13H,6-7,10-11H2,(H,20,23)(H,21,25). The molecule has 3 aromatic heterocycles. The van der Waals surface area contributed by atoms with Gasteiger partial charge in [0.15, 0.2) is 5.65 Å². The predicted molar refractivity (Wildman–Crippen MR) is 94.5 cm³/mol. The van der Waals surface area contributed by atoms with Gasteiger partial charge in [-0.2, -0.15) is 5.10 Å². The number of carbonyl (C=O) groups excluding carboxylic acids is 2. The van der Waals surface area contributed by atoms with Crippen LogP contribution in [0.4, 0.5) is 0 Å². The van der Waals surface area contributed by atoms with E-state index in [0.717, 1.165) is 5.39 Å². The van der Waals surface area contributed by atoms with Crippen molar-refractivity contribution < 1.29 is 9.59 Å². The topological polar surface area (TPSA) is 104 Å². The lowest BCUT2D eigenvalue weighted by atomic mass is 10.0. The number of aromatic amines is 1. The second-order valence-corrected chi connectivity index (χ2v) is 6.26. The van der Waals surface area contributed by atoms with Crippen molar-refractivity contribution in [3.8, 4) is 0 Å². The third kappa shape index (κ3) is 3.26. The van der Waals surface area contributed by atoms with Gasteiger partial charge in [0.05, 0.1) is 0 Å². The number of piperidine rings is 1. The number of H-pyrrole nitrogens is 1. The van der Waals surface area contributed by atoms with Crippen molar-refractivity contribution in [2.75, 3.05) is 13.1 Å². The van der Waals surface area contributed by atoms with E-state index in [0.29, 0.717) is 43.0 Å². The van der Waals surface area contributed by atoms with Crippen molar-refractivity contribution in [1.82, 2.24) is 30.4 Å². The van der Waals surface area contributed by atoms with Gasteiger partial charge in [0.1, 0.15) is 11.4 Å². The Morgan fingerprint density at radius 1 is 1.12 bits per heavy atom. The number of nitrogens with zero attached hydrogens (tertiary/aromatic N) is 4. The smallest absolute Gasteiger partial charge is 0.272 e. The summed E-state index contributed by atoms with van der Waals surface area (Å²) in [7, 11) is 0. The molecule has 132 valence electrons. The predicted octanol–water partition coefficient (Wildman–Crippen LogP) is 1.39. The van der Waals surface area contributed by atoms with Gasteiger partial charge in [-0.25, -0.2) is 9.97 Å². The SMILES string of the molecule is O=C(NC1CCN(C(=O)c2ccc3cccnc3n2)CC1)c1ccn[nH]1. The lowest BCUT2D eigenvalue weighted by Gasteiger charge is -2.32. The maximum Gasteiger partial charge on any atom is 0.272 e. The van der Waals surface area contributed by atoms with Gasteiger partial charge in [0.25, 0.3) is 11.8 Å². The number of hydrogen-bond acceptors (Lipinski definition) is 5. The quantitative estimate of drug-likeness (QED) is 0.743. The summed E-state index contributed by atoms with van der Waals surface area (Å²) in [6, 6.07) is 9.03. The Labute approximate surface area is 149 Å². The van der Waals surface area contributed by atoms with Crippen molar-refractivity contribution in [2.24, 2.45) is 0 Å². The number of carbonyl (C=O) groups is 2. The summed E-state index contributed by atoms with van der Waals surface area (Å²) < 4.78 is 0. The normalized spacial score (nSPS) is 15.2. The van der Waals surface area contributed by atoms with Crippen LogP contribution in [0.2, 0.25) is 0 Å². The lowest BCUT2D eigenvalue weighted by Crippen LogP contribution is -2.46. The third-order valence-electron chi connectivity index (χ3n) is 4.55. The van der Waals surface area contributed by atoms with E-state index >= 15 is 0 Å². The highest BCUT2D eigenvalue weighted by atomic mass is 16.2. The highest BCUT2D eigenvalue weighted by molar-refractivity contribution is 5.94. The molecule has 3 aromatic rings. The first-order chi connectivity index (χ1) is 12.7. The van der Waals surface area contributed by atoms with Gasteiger partial charge in [0.2, 0.25) is 0 Å². The molecule has 1 saturated heterocycles. The van der Waals surface area contributed by atoms with Crippen LogP contribution in [0.15, 0.2) is 42.7 Å². The Morgan fingerprint density at radius 3 is 2.73 bits per heavy atom. The Bertz CT molecular complexity index is 932. The molecule has 0 aromatic carbocycles. The molecule has 2 amide bonds. The van der Waals surface area contributed by atoms with Gasteiger partial charge in [-0.3, -0.25) is 14.7 Å². The monoisotopic (exact) mass is 350 g/mol. The van der Waals surface area contributed by atoms with Gasteiger partial charge in [0, 0.05) is 36.9 Å². The molecule has 4 rings (SSSR count). The van der Waals surface area contributed by atoms with Crippen molar-refractivity contribution in [1.29, 1.82) is 0 Å². The highest BCUT2D eigenvalue weighted by Gasteiger charge is 2.25. The molecular weight excluding hydrogens is 332 g/mol. The van der Waals surface area contributed by atoms with Crippen LogP contribution in [-0.2, 0) is 0 Å². The van der Waals surface area contributed by atoms with Gasteiger partial charge < -0.3 is 10.2 Å². The molecule has 0 unspecified atom stereocenters. The summed E-state index contributed by atoms with van der Waals surface area (Å²) in [5.41, 5.74) is 1.41. The zero-order chi connectivity index (χ0) is 17.9. The molecule has 8 nitrogen and oxygen atoms in total. The number of amides is 2. The molecule has 0 saturated carbocycles. The van der Waals surface area contributed by atoms with E-state index in [1.54, 1.807) is 29.4 Å². The van der Waals surface area contributed by atoms with E-state index in [4.69, 9.17) is 0 Å². The maximum absolute atomic E-state index is 12.7. The molecule has 1 aliphatic heterocycles. The number of aromatic nitrogens is 4. The Balaban J connectivity index is 1.37. The van der Waals surface area contributed by atoms with Crippen LogP contribution in [0.25, 0.3) is 11.0 Å². The number of nitrogens with one attached hydrogen (secondary N) is 2. The first kappa shape index (κ1) is 16.2. The van der Waals surface area contributed by atoms with Crippen LogP contribution in [0, 0.1) is 0 Å². The average Bonchev–Trinajstić information content (AvgIpc) is 3.23. The molecule has 0 bridgehead atoms. The molecule has 0 radical (unpaired) electrons. The van der Waals surface area contributed by atoms with Crippen molar-refractivity contribution in [2.45, 2.75) is 18.9 Å². The maximum atomic E-state index is 12.7. The Hall–Kier alpha value is -3.29. The fraction of sp³-hybridized carbons (Fsp3) is 0.278. The molecule has 26 heavy (non-hydrogen) atoms. The second-order valence-electron chi connectivity index (χ2n) is 6.26. The van der Waals surface area contributed by atoms with Gasteiger partial charge in [-0.15, -0.1) is 0 Å². The molecule has 0 spiro atoms. The minimum Gasteiger partial charge on any atom is -0.348 e. The zero-order valence-electron chi connectivity index (χ0n) is 14.1. The molecule has 1 fully saturated rings. The van der Waals surface area contributed by atoms with E-state index in [1.165, 1.54) is 0 Å². The molecule has 2 N–H and O–H groups in total. The van der Waals surface area contributed by atoms with Gasteiger partial charge in [-0.1, -0.05) is 0 Å². The van der Waals surface area contributed by atoms with E-state index in [1.807, 2.05) is 18.2 Å². The molecule has 1 aliphatic rings. The largest absolute Gasteiger partial charge is 0.348 e. The Morgan fingerprint density at radius 2 is 1.96 bits per heavy atom. The number of hydrogen-bond donors (Lipinski definition) is 2. The van der Waals surface area contributed by atoms with E-state index in [2.05, 4.69) is 25.5 Å². The fourth-order valence-corrected chi connectivity index (χ4v) is 3.11. The number of pyridine rings is 2. The van der Waals surface area contributed by atoms with E-state index in [9.17, 15) is 9.59 Å². The van der Waals surface area contributed by atoms with Crippen molar-refractivity contribution in [3.63, 3.8) is 0 Å². The highest BCUT2D eigenvalue weighted by Crippen LogP contribution is 2.15. The zero-order valence-corrected chi connectivity index (χ0v) is 14.1. The summed E-state index contributed by atoms with van der Waals surface area (Å²) in [5.74, 6) is -0.273. The summed E-state index contributed by atoms with van der Waals surface area (Å²) in [6.07, 6.45) is 4.62. The minimum absolute atomic E-state index is 0.0427. The van der Waals surface area contributed by atoms with Crippen molar-refractivity contribution >= 4 is 22.8 Å². The van der Waals surface area contributed by atoms with Crippen molar-refractivity contribution in [3.05, 3.63) is 54.1 Å². The lowest BCUT2D eigenvalue weighted by molar-refractivity contribution is 0.0692. The molecule has 0 atom stereocenters. The molecule has 4 heterocycles. The number of fused-ring (bicyclic) bond motifs is 1. The van der Waals surface area contributed by atoms with E-state index < -0.39 is 0 Å². The average molecular weight is 350 g/mol. The molecule has 0 aliphatic carbocycles. The summed E-state index contributed by atoms with van der Waals surface area (Å²) in [6.45, 7) is 1.16. The minimum atomic E-state index is -0.172. The first-order valence-electron chi connectivity index (χ1n) is 8.52. The van der Waals surface area contributed by atoms with E-state index in [-0.39, 0.29) is 17.9 Å². The van der Waals surface area contributed by atoms with Crippen LogP contribution in [-0.4, -0.2) is 56.0 Å². The summed E-state index contributed by atoms with van der Waals surface area (Å²) in [5, 5.41) is 10.3. The van der Waals surface area contributed by atoms with Gasteiger partial charge in [-0.05, 0) is 43.2 Å². The van der Waals surface area contributed by atoms with Crippen LogP contribution in [0.3, 0.4) is 0 Å². The van der Waals surface area contributed by atoms with Crippen LogP contribution in [0.5, 0.6) is 0 Å².